The smallest absolute Gasteiger partial charge is 0.220 e. The van der Waals surface area contributed by atoms with Gasteiger partial charge in [-0.1, -0.05) is 38.5 Å². The first kappa shape index (κ1) is 14.8. The highest BCUT2D eigenvalue weighted by Gasteiger charge is 2.22. The summed E-state index contributed by atoms with van der Waals surface area (Å²) >= 11 is 0. The molecule has 0 heterocycles. The Labute approximate surface area is 117 Å². The molecule has 1 amide bonds. The molecule has 2 unspecified atom stereocenters. The molecule has 0 aromatic rings. The van der Waals surface area contributed by atoms with Gasteiger partial charge in [-0.25, -0.2) is 0 Å². The molecule has 19 heavy (non-hydrogen) atoms. The molecule has 0 aliphatic heterocycles. The molecule has 0 saturated heterocycles. The molecule has 2 aliphatic carbocycles. The van der Waals surface area contributed by atoms with E-state index in [-0.39, 0.29) is 5.91 Å². The lowest BCUT2D eigenvalue weighted by Gasteiger charge is -2.28. The molecule has 0 radical (unpaired) electrons. The predicted octanol–water partition coefficient (Wildman–Crippen LogP) is 2.98. The predicted molar refractivity (Wildman–Crippen MR) is 78.8 cm³/mol. The summed E-state index contributed by atoms with van der Waals surface area (Å²) in [6.45, 7) is 0.798. The molecule has 0 aromatic heterocycles. The Morgan fingerprint density at radius 1 is 0.947 bits per heavy atom. The van der Waals surface area contributed by atoms with Crippen LogP contribution in [-0.4, -0.2) is 18.5 Å². The summed E-state index contributed by atoms with van der Waals surface area (Å²) in [7, 11) is 0. The third kappa shape index (κ3) is 5.13. The summed E-state index contributed by atoms with van der Waals surface area (Å²) in [5.74, 6) is 1.39. The quantitative estimate of drug-likeness (QED) is 0.769. The first-order valence-corrected chi connectivity index (χ1v) is 8.28. The number of nitrogens with one attached hydrogen (secondary N) is 1. The van der Waals surface area contributed by atoms with Gasteiger partial charge in [0.25, 0.3) is 0 Å². The lowest BCUT2D eigenvalue weighted by molar-refractivity contribution is -0.122. The Balaban J connectivity index is 1.65. The zero-order valence-corrected chi connectivity index (χ0v) is 12.2. The molecule has 0 aromatic carbocycles. The van der Waals surface area contributed by atoms with Crippen molar-refractivity contribution < 1.29 is 4.79 Å². The van der Waals surface area contributed by atoms with Crippen LogP contribution in [0.15, 0.2) is 0 Å². The minimum atomic E-state index is 0.254. The number of hydrogen-bond acceptors (Lipinski definition) is 2. The van der Waals surface area contributed by atoms with E-state index in [0.29, 0.717) is 17.9 Å². The van der Waals surface area contributed by atoms with Crippen molar-refractivity contribution in [1.29, 1.82) is 0 Å². The molecule has 0 bridgehead atoms. The van der Waals surface area contributed by atoms with Gasteiger partial charge in [-0.3, -0.25) is 4.79 Å². The lowest BCUT2D eigenvalue weighted by Crippen LogP contribution is -2.41. The van der Waals surface area contributed by atoms with Crippen LogP contribution in [0.1, 0.15) is 70.6 Å². The van der Waals surface area contributed by atoms with Gasteiger partial charge in [-0.15, -0.1) is 0 Å². The van der Waals surface area contributed by atoms with Crippen molar-refractivity contribution in [3.05, 3.63) is 0 Å². The van der Waals surface area contributed by atoms with Crippen molar-refractivity contribution in [1.82, 2.24) is 5.32 Å². The minimum Gasteiger partial charge on any atom is -0.356 e. The average Bonchev–Trinajstić information content (AvgIpc) is 2.66. The second kappa shape index (κ2) is 7.88. The molecular weight excluding hydrogens is 236 g/mol. The van der Waals surface area contributed by atoms with E-state index in [1.807, 2.05) is 0 Å². The van der Waals surface area contributed by atoms with E-state index < -0.39 is 0 Å². The van der Waals surface area contributed by atoms with Crippen LogP contribution in [0.2, 0.25) is 0 Å². The molecule has 2 rings (SSSR count). The Hall–Kier alpha value is -0.570. The average molecular weight is 266 g/mol. The van der Waals surface area contributed by atoms with E-state index in [1.165, 1.54) is 57.8 Å². The van der Waals surface area contributed by atoms with E-state index in [0.717, 1.165) is 19.4 Å². The maximum absolute atomic E-state index is 12.0. The molecule has 0 spiro atoms. The van der Waals surface area contributed by atoms with E-state index in [9.17, 15) is 4.79 Å². The van der Waals surface area contributed by atoms with Gasteiger partial charge < -0.3 is 11.1 Å². The van der Waals surface area contributed by atoms with E-state index >= 15 is 0 Å². The standard InChI is InChI=1S/C16H30N2O/c17-15-10-6-5-9-14(15)12-18-16(19)11-13-7-3-1-2-4-8-13/h13-15H,1-12,17H2,(H,18,19). The molecule has 3 heteroatoms. The second-order valence-electron chi connectivity index (χ2n) is 6.57. The van der Waals surface area contributed by atoms with Crippen molar-refractivity contribution in [3.8, 4) is 0 Å². The highest BCUT2D eigenvalue weighted by atomic mass is 16.1. The summed E-state index contributed by atoms with van der Waals surface area (Å²) in [5, 5.41) is 3.13. The largest absolute Gasteiger partial charge is 0.356 e. The Morgan fingerprint density at radius 2 is 1.58 bits per heavy atom. The summed E-state index contributed by atoms with van der Waals surface area (Å²) < 4.78 is 0. The summed E-state index contributed by atoms with van der Waals surface area (Å²) in [6.07, 6.45) is 13.4. The van der Waals surface area contributed by atoms with Crippen LogP contribution < -0.4 is 11.1 Å². The highest BCUT2D eigenvalue weighted by molar-refractivity contribution is 5.76. The van der Waals surface area contributed by atoms with E-state index in [2.05, 4.69) is 5.32 Å². The van der Waals surface area contributed by atoms with Gasteiger partial charge in [0.2, 0.25) is 5.91 Å². The lowest BCUT2D eigenvalue weighted by atomic mass is 9.85. The second-order valence-corrected chi connectivity index (χ2v) is 6.57. The number of carbonyl (C=O) groups is 1. The first-order valence-electron chi connectivity index (χ1n) is 8.28. The van der Waals surface area contributed by atoms with Crippen molar-refractivity contribution in [2.75, 3.05) is 6.54 Å². The first-order chi connectivity index (χ1) is 9.25. The molecule has 3 N–H and O–H groups in total. The van der Waals surface area contributed by atoms with Gasteiger partial charge in [-0.2, -0.15) is 0 Å². The molecule has 2 fully saturated rings. The SMILES string of the molecule is NC1CCCCC1CNC(=O)CC1CCCCCC1. The van der Waals surface area contributed by atoms with E-state index in [1.54, 1.807) is 0 Å². The fourth-order valence-electron chi connectivity index (χ4n) is 3.64. The van der Waals surface area contributed by atoms with Crippen LogP contribution in [0, 0.1) is 11.8 Å². The van der Waals surface area contributed by atoms with Gasteiger partial charge >= 0.3 is 0 Å². The van der Waals surface area contributed by atoms with Crippen LogP contribution >= 0.6 is 0 Å². The van der Waals surface area contributed by atoms with Gasteiger partial charge in [-0.05, 0) is 37.5 Å². The zero-order chi connectivity index (χ0) is 13.5. The minimum absolute atomic E-state index is 0.254. The molecule has 2 saturated carbocycles. The number of carbonyl (C=O) groups excluding carboxylic acids is 1. The Morgan fingerprint density at radius 3 is 2.26 bits per heavy atom. The van der Waals surface area contributed by atoms with Crippen LogP contribution in [0.4, 0.5) is 0 Å². The fourth-order valence-corrected chi connectivity index (χ4v) is 3.64. The number of nitrogens with two attached hydrogens (primary N) is 1. The van der Waals surface area contributed by atoms with Gasteiger partial charge in [0.15, 0.2) is 0 Å². The van der Waals surface area contributed by atoms with E-state index in [4.69, 9.17) is 5.73 Å². The number of amides is 1. The molecular formula is C16H30N2O. The maximum Gasteiger partial charge on any atom is 0.220 e. The maximum atomic E-state index is 12.0. The third-order valence-electron chi connectivity index (χ3n) is 4.98. The van der Waals surface area contributed by atoms with Crippen molar-refractivity contribution in [3.63, 3.8) is 0 Å². The third-order valence-corrected chi connectivity index (χ3v) is 4.98. The Kier molecular flexibility index (Phi) is 6.15. The monoisotopic (exact) mass is 266 g/mol. The van der Waals surface area contributed by atoms with Crippen LogP contribution in [0.3, 0.4) is 0 Å². The number of rotatable bonds is 4. The molecule has 2 atom stereocenters. The Bertz CT molecular complexity index is 272. The van der Waals surface area contributed by atoms with Crippen molar-refractivity contribution in [2.24, 2.45) is 17.6 Å². The fraction of sp³-hybridized carbons (Fsp3) is 0.938. The normalized spacial score (nSPS) is 29.7. The topological polar surface area (TPSA) is 55.1 Å². The molecule has 110 valence electrons. The zero-order valence-electron chi connectivity index (χ0n) is 12.2. The van der Waals surface area contributed by atoms with Crippen molar-refractivity contribution >= 4 is 5.91 Å². The summed E-state index contributed by atoms with van der Waals surface area (Å²) in [5.41, 5.74) is 6.12. The number of hydrogen-bond donors (Lipinski definition) is 2. The van der Waals surface area contributed by atoms with Crippen molar-refractivity contribution in [2.45, 2.75) is 76.7 Å². The van der Waals surface area contributed by atoms with Crippen LogP contribution in [0.25, 0.3) is 0 Å². The van der Waals surface area contributed by atoms with Gasteiger partial charge in [0.1, 0.15) is 0 Å². The van der Waals surface area contributed by atoms with Crippen LogP contribution in [-0.2, 0) is 4.79 Å². The summed E-state index contributed by atoms with van der Waals surface area (Å²) in [4.78, 5) is 12.0. The van der Waals surface area contributed by atoms with Gasteiger partial charge in [0, 0.05) is 19.0 Å². The highest BCUT2D eigenvalue weighted by Crippen LogP contribution is 2.25. The molecule has 2 aliphatic rings. The van der Waals surface area contributed by atoms with Gasteiger partial charge in [0.05, 0.1) is 0 Å². The molecule has 3 nitrogen and oxygen atoms in total. The summed E-state index contributed by atoms with van der Waals surface area (Å²) in [6, 6.07) is 0.298. The van der Waals surface area contributed by atoms with Crippen LogP contribution in [0.5, 0.6) is 0 Å².